The maximum absolute atomic E-state index is 12.5. The van der Waals surface area contributed by atoms with Crippen molar-refractivity contribution >= 4 is 18.3 Å². The first-order valence-corrected chi connectivity index (χ1v) is 32.2. The summed E-state index contributed by atoms with van der Waals surface area (Å²) in [6.07, 6.45) is 24.0. The van der Waals surface area contributed by atoms with E-state index in [2.05, 4.69) is 55.7 Å². The molecule has 0 radical (unpaired) electrons. The van der Waals surface area contributed by atoms with Crippen molar-refractivity contribution in [1.82, 2.24) is 68.9 Å². The maximum Gasteiger partial charge on any atom is 0.415 e. The first-order chi connectivity index (χ1) is 46.2. The molecule has 12 rings (SSSR count). The van der Waals surface area contributed by atoms with E-state index in [1.54, 1.807) is 58.2 Å². The van der Waals surface area contributed by atoms with E-state index in [9.17, 15) is 14.4 Å². The fraction of sp³-hybridized carbons (Fsp3) is 0.352. The van der Waals surface area contributed by atoms with Crippen LogP contribution in [0.3, 0.4) is 0 Å². The van der Waals surface area contributed by atoms with Gasteiger partial charge in [-0.15, -0.1) is 0 Å². The Labute approximate surface area is 549 Å². The average Bonchev–Trinajstić information content (AvgIpc) is 2.14. The summed E-state index contributed by atoms with van der Waals surface area (Å²) in [6.45, 7) is 13.8. The molecule has 3 aliphatic rings. The van der Waals surface area contributed by atoms with Crippen molar-refractivity contribution in [3.63, 3.8) is 0 Å². The van der Waals surface area contributed by atoms with Crippen LogP contribution < -0.4 is 28.4 Å². The zero-order valence-corrected chi connectivity index (χ0v) is 53.4. The molecule has 3 aromatic carbocycles. The van der Waals surface area contributed by atoms with Crippen LogP contribution >= 0.6 is 0 Å². The van der Waals surface area contributed by atoms with Crippen molar-refractivity contribution in [2.45, 2.75) is 38.5 Å². The van der Waals surface area contributed by atoms with Gasteiger partial charge < -0.3 is 57.7 Å². The lowest BCUT2D eigenvalue weighted by atomic mass is 10.1. The Bertz CT molecular complexity index is 3430. The molecule has 0 saturated carbocycles. The second-order valence-corrected chi connectivity index (χ2v) is 22.9. The van der Waals surface area contributed by atoms with Crippen LogP contribution in [0.4, 0.5) is 14.4 Å². The molecular weight excluding hydrogens is 1190 g/mol. The first kappa shape index (κ1) is 66.8. The number of carbonyl (C=O) groups is 3. The number of nitrogens with one attached hydrogen (secondary N) is 2. The van der Waals surface area contributed by atoms with E-state index in [-0.39, 0.29) is 18.3 Å². The molecule has 2 N–H and O–H groups in total. The van der Waals surface area contributed by atoms with Crippen LogP contribution in [0, 0.1) is 0 Å². The van der Waals surface area contributed by atoms with E-state index in [4.69, 9.17) is 28.4 Å². The molecule has 3 fully saturated rings. The molecule has 6 aromatic heterocycles. The van der Waals surface area contributed by atoms with Crippen molar-refractivity contribution in [2.24, 2.45) is 7.05 Å². The zero-order valence-electron chi connectivity index (χ0n) is 53.4. The molecule has 0 aliphatic carbocycles. The molecule has 0 spiro atoms. The fourth-order valence-electron chi connectivity index (χ4n) is 10.7. The monoisotopic (exact) mass is 1280 g/mol. The van der Waals surface area contributed by atoms with Gasteiger partial charge in [-0.05, 0) is 102 Å². The SMILES string of the molecule is Cn1cnc(CCN2CCN(C(=O)Oc3ccc(CCOc4ccncc4)cc3)CC2)c1.O=C(Oc1ccc(CCOc2ccncc2)cc1)N1CCN(CCc2c[nH]cn2)CC1.O=C(Oc1ccc(CCOc2ccncc2)cc1)N1CCN(CCc2ccc[nH]2)CC1. The summed E-state index contributed by atoms with van der Waals surface area (Å²) in [5.41, 5.74) is 6.79. The predicted octanol–water partition coefficient (Wildman–Crippen LogP) is 8.97. The van der Waals surface area contributed by atoms with E-state index in [1.165, 1.54) is 5.69 Å². The largest absolute Gasteiger partial charge is 0.493 e. The predicted molar refractivity (Wildman–Crippen MR) is 355 cm³/mol. The summed E-state index contributed by atoms with van der Waals surface area (Å²) < 4.78 is 35.7. The summed E-state index contributed by atoms with van der Waals surface area (Å²) in [4.78, 5) is 76.6. The number of carbonyl (C=O) groups excluding carboxylic acids is 3. The van der Waals surface area contributed by atoms with Crippen LogP contribution in [0.1, 0.15) is 33.8 Å². The number of hydrogen-bond donors (Lipinski definition) is 2. The second kappa shape index (κ2) is 36.2. The highest BCUT2D eigenvalue weighted by atomic mass is 16.6. The Balaban J connectivity index is 0.000000154. The first-order valence-electron chi connectivity index (χ1n) is 32.2. The number of pyridine rings is 3. The molecule has 0 unspecified atom stereocenters. The van der Waals surface area contributed by atoms with Gasteiger partial charge in [-0.3, -0.25) is 29.7 Å². The lowest BCUT2D eigenvalue weighted by Gasteiger charge is -2.33. The van der Waals surface area contributed by atoms with Gasteiger partial charge in [0.05, 0.1) is 43.9 Å². The third-order valence-corrected chi connectivity index (χ3v) is 16.2. The molecule has 94 heavy (non-hydrogen) atoms. The molecule has 23 heteroatoms. The number of benzene rings is 3. The number of aromatic amines is 2. The average molecular weight is 1280 g/mol. The van der Waals surface area contributed by atoms with Gasteiger partial charge in [0, 0.05) is 205 Å². The van der Waals surface area contributed by atoms with Crippen molar-refractivity contribution in [2.75, 3.05) is 118 Å². The third-order valence-electron chi connectivity index (χ3n) is 16.2. The van der Waals surface area contributed by atoms with Crippen molar-refractivity contribution in [1.29, 1.82) is 0 Å². The molecule has 3 aliphatic heterocycles. The number of nitrogens with zero attached hydrogens (tertiary/aromatic N) is 12. The van der Waals surface area contributed by atoms with E-state index in [1.807, 2.05) is 152 Å². The fourth-order valence-corrected chi connectivity index (χ4v) is 10.7. The van der Waals surface area contributed by atoms with Crippen LogP contribution in [-0.4, -0.2) is 205 Å². The summed E-state index contributed by atoms with van der Waals surface area (Å²) in [5.74, 6) is 4.11. The third kappa shape index (κ3) is 22.6. The van der Waals surface area contributed by atoms with Gasteiger partial charge in [0.1, 0.15) is 34.5 Å². The maximum atomic E-state index is 12.5. The second-order valence-electron chi connectivity index (χ2n) is 22.9. The number of piperazine rings is 3. The Morgan fingerprint density at radius 3 is 1.12 bits per heavy atom. The Morgan fingerprint density at radius 2 is 0.787 bits per heavy atom. The minimum absolute atomic E-state index is 0.280. The van der Waals surface area contributed by atoms with Crippen molar-refractivity contribution in [3.8, 4) is 34.5 Å². The Hall–Kier alpha value is -10.1. The van der Waals surface area contributed by atoms with Crippen LogP contribution in [0.15, 0.2) is 190 Å². The minimum Gasteiger partial charge on any atom is -0.493 e. The molecule has 0 atom stereocenters. The highest BCUT2D eigenvalue weighted by Crippen LogP contribution is 2.20. The van der Waals surface area contributed by atoms with E-state index < -0.39 is 0 Å². The van der Waals surface area contributed by atoms with E-state index in [0.717, 1.165) is 143 Å². The normalized spacial score (nSPS) is 14.4. The van der Waals surface area contributed by atoms with Crippen LogP contribution in [0.5, 0.6) is 34.5 Å². The summed E-state index contributed by atoms with van der Waals surface area (Å²) >= 11 is 0. The zero-order chi connectivity index (χ0) is 64.8. The summed E-state index contributed by atoms with van der Waals surface area (Å²) in [7, 11) is 1.98. The van der Waals surface area contributed by atoms with Gasteiger partial charge in [-0.2, -0.15) is 0 Å². The highest BCUT2D eigenvalue weighted by Gasteiger charge is 2.26. The van der Waals surface area contributed by atoms with Gasteiger partial charge in [0.25, 0.3) is 0 Å². The number of aromatic nitrogens is 8. The number of amides is 3. The number of rotatable bonds is 24. The van der Waals surface area contributed by atoms with Gasteiger partial charge in [0.15, 0.2) is 0 Å². The number of hydrogen-bond acceptors (Lipinski definition) is 17. The lowest BCUT2D eigenvalue weighted by Crippen LogP contribution is -2.49. The Morgan fingerprint density at radius 1 is 0.415 bits per heavy atom. The van der Waals surface area contributed by atoms with Crippen LogP contribution in [-0.2, 0) is 45.6 Å². The lowest BCUT2D eigenvalue weighted by molar-refractivity contribution is 0.110. The van der Waals surface area contributed by atoms with Crippen LogP contribution in [0.25, 0.3) is 0 Å². The molecular formula is C71H84N14O9. The molecule has 9 heterocycles. The summed E-state index contributed by atoms with van der Waals surface area (Å²) in [5, 5.41) is 0. The molecule has 0 bridgehead atoms. The number of ether oxygens (including phenoxy) is 6. The number of aryl methyl sites for hydroxylation is 1. The van der Waals surface area contributed by atoms with Gasteiger partial charge in [-0.1, -0.05) is 36.4 Å². The smallest absolute Gasteiger partial charge is 0.415 e. The minimum atomic E-state index is -0.291. The molecule has 492 valence electrons. The molecule has 3 saturated heterocycles. The van der Waals surface area contributed by atoms with Gasteiger partial charge >= 0.3 is 18.3 Å². The molecule has 23 nitrogen and oxygen atoms in total. The van der Waals surface area contributed by atoms with Gasteiger partial charge in [-0.25, -0.2) is 24.4 Å². The van der Waals surface area contributed by atoms with Crippen LogP contribution in [0.2, 0.25) is 0 Å². The van der Waals surface area contributed by atoms with Crippen molar-refractivity contribution in [3.05, 3.63) is 224 Å². The topological polar surface area (TPSA) is 227 Å². The Kier molecular flexibility index (Phi) is 25.7. The molecule has 3 amide bonds. The quantitative estimate of drug-likeness (QED) is 0.0575. The standard InChI is InChI=1S/C24H29N5O3.C24H28N4O3.C23H27N5O3/c1-27-18-21(26-19-27)8-12-28-13-15-29(16-14-28)24(30)32-23-4-2-20(3-5-23)9-17-31-22-6-10-25-11-7-22;29-24(28-17-15-27(16-18-28)14-9-21-2-1-11-26-21)31-23-5-3-20(4-6-23)10-19-30-22-7-12-25-13-8-22;29-23(28-14-12-27(13-15-28)11-7-20-17-25-18-26-20)31-22-3-1-19(2-4-22)8-16-30-21-5-9-24-10-6-21/h2-7,10-11,18-19H,8-9,12-17H2,1H3;1-8,11-13,26H,9-10,14-19H2;1-6,9-10,17-18H,7-8,11-16H2,(H,25,26). The highest BCUT2D eigenvalue weighted by molar-refractivity contribution is 5.72. The number of H-pyrrole nitrogens is 2. The number of imidazole rings is 2. The van der Waals surface area contributed by atoms with Crippen molar-refractivity contribution < 1.29 is 42.8 Å². The van der Waals surface area contributed by atoms with E-state index in [0.29, 0.717) is 76.3 Å². The van der Waals surface area contributed by atoms with E-state index >= 15 is 0 Å². The van der Waals surface area contributed by atoms with Gasteiger partial charge in [0.2, 0.25) is 0 Å². The molecule has 9 aromatic rings. The summed E-state index contributed by atoms with van der Waals surface area (Å²) in [6, 6.07) is 38.0.